The predicted molar refractivity (Wildman–Crippen MR) is 83.0 cm³/mol. The second kappa shape index (κ2) is 9.99. The number of benzene rings is 1. The van der Waals surface area contributed by atoms with E-state index in [-0.39, 0.29) is 30.4 Å². The number of sulfonamides is 1. The van der Waals surface area contributed by atoms with Gasteiger partial charge in [-0.1, -0.05) is 19.8 Å². The van der Waals surface area contributed by atoms with Gasteiger partial charge in [0.25, 0.3) is 0 Å². The molecule has 5 nitrogen and oxygen atoms in total. The summed E-state index contributed by atoms with van der Waals surface area (Å²) >= 11 is 0. The Morgan fingerprint density at radius 3 is 2.40 bits per heavy atom. The molecule has 0 unspecified atom stereocenters. The highest BCUT2D eigenvalue weighted by Crippen LogP contribution is 2.16. The molecule has 0 heterocycles. The number of hydrogen-bond donors (Lipinski definition) is 2. The maximum Gasteiger partial charge on any atom is 0.240 e. The first kappa shape index (κ1) is 19.2. The molecule has 0 saturated carbocycles. The third-order valence-electron chi connectivity index (χ3n) is 2.59. The molecule has 0 aliphatic carbocycles. The van der Waals surface area contributed by atoms with Crippen LogP contribution in [0.4, 0.5) is 0 Å². The van der Waals surface area contributed by atoms with Crippen LogP contribution < -0.4 is 15.2 Å². The Morgan fingerprint density at radius 2 is 1.85 bits per heavy atom. The minimum absolute atomic E-state index is 0. The molecule has 1 aromatic rings. The molecule has 0 spiro atoms. The lowest BCUT2D eigenvalue weighted by molar-refractivity contribution is 0.306. The number of rotatable bonds is 9. The fraction of sp³-hybridized carbons (Fsp3) is 0.538. The number of nitrogens with one attached hydrogen (secondary N) is 1. The largest absolute Gasteiger partial charge is 0.494 e. The highest BCUT2D eigenvalue weighted by Gasteiger charge is 2.12. The van der Waals surface area contributed by atoms with Gasteiger partial charge in [0, 0.05) is 13.1 Å². The number of halogens is 1. The molecule has 0 aliphatic rings. The summed E-state index contributed by atoms with van der Waals surface area (Å²) < 4.78 is 31.5. The lowest BCUT2D eigenvalue weighted by Crippen LogP contribution is -2.29. The lowest BCUT2D eigenvalue weighted by atomic mass is 10.3. The fourth-order valence-electron chi connectivity index (χ4n) is 1.53. The molecule has 0 fully saturated rings. The van der Waals surface area contributed by atoms with E-state index < -0.39 is 10.0 Å². The van der Waals surface area contributed by atoms with Gasteiger partial charge in [-0.3, -0.25) is 0 Å². The molecule has 20 heavy (non-hydrogen) atoms. The van der Waals surface area contributed by atoms with Crippen LogP contribution in [0.15, 0.2) is 29.2 Å². The van der Waals surface area contributed by atoms with Gasteiger partial charge in [0.15, 0.2) is 0 Å². The SMILES string of the molecule is CCCCCOc1ccc(S(=O)(=O)NCCN)cc1.Cl. The molecule has 0 radical (unpaired) electrons. The van der Waals surface area contributed by atoms with Crippen molar-refractivity contribution in [3.63, 3.8) is 0 Å². The van der Waals surface area contributed by atoms with Crippen molar-refractivity contribution in [3.8, 4) is 5.75 Å². The predicted octanol–water partition coefficient (Wildman–Crippen LogP) is 1.91. The summed E-state index contributed by atoms with van der Waals surface area (Å²) in [5, 5.41) is 0. The second-order valence-corrected chi connectivity index (χ2v) is 5.98. The summed E-state index contributed by atoms with van der Waals surface area (Å²) in [5.41, 5.74) is 5.27. The molecule has 0 bridgehead atoms. The number of nitrogens with two attached hydrogens (primary N) is 1. The molecule has 0 atom stereocenters. The Labute approximate surface area is 127 Å². The van der Waals surface area contributed by atoms with E-state index in [2.05, 4.69) is 11.6 Å². The first-order chi connectivity index (χ1) is 9.10. The topological polar surface area (TPSA) is 81.4 Å². The van der Waals surface area contributed by atoms with Gasteiger partial charge in [-0.15, -0.1) is 12.4 Å². The van der Waals surface area contributed by atoms with E-state index >= 15 is 0 Å². The van der Waals surface area contributed by atoms with E-state index in [4.69, 9.17) is 10.5 Å². The van der Waals surface area contributed by atoms with Crippen LogP contribution in [0.5, 0.6) is 5.75 Å². The molecule has 1 rings (SSSR count). The zero-order valence-electron chi connectivity index (χ0n) is 11.7. The zero-order valence-corrected chi connectivity index (χ0v) is 13.3. The summed E-state index contributed by atoms with van der Waals surface area (Å²) in [6, 6.07) is 6.41. The zero-order chi connectivity index (χ0) is 14.1. The standard InChI is InChI=1S/C13H22N2O3S.ClH/c1-2-3-4-11-18-12-5-7-13(8-6-12)19(16,17)15-10-9-14;/h5-8,15H,2-4,9-11,14H2,1H3;1H. The van der Waals surface area contributed by atoms with Crippen molar-refractivity contribution in [2.75, 3.05) is 19.7 Å². The van der Waals surface area contributed by atoms with Gasteiger partial charge in [-0.25, -0.2) is 13.1 Å². The first-order valence-electron chi connectivity index (χ1n) is 6.52. The van der Waals surface area contributed by atoms with Gasteiger partial charge in [-0.05, 0) is 30.7 Å². The third-order valence-corrected chi connectivity index (χ3v) is 4.06. The quantitative estimate of drug-likeness (QED) is 0.680. The van der Waals surface area contributed by atoms with E-state index in [0.717, 1.165) is 19.3 Å². The van der Waals surface area contributed by atoms with Crippen LogP contribution >= 0.6 is 12.4 Å². The number of unbranched alkanes of at least 4 members (excludes halogenated alkanes) is 2. The number of hydrogen-bond acceptors (Lipinski definition) is 4. The maximum absolute atomic E-state index is 11.8. The highest BCUT2D eigenvalue weighted by atomic mass is 35.5. The fourth-order valence-corrected chi connectivity index (χ4v) is 2.58. The molecule has 7 heteroatoms. The maximum atomic E-state index is 11.8. The van der Waals surface area contributed by atoms with Crippen molar-refractivity contribution in [2.45, 2.75) is 31.1 Å². The average Bonchev–Trinajstić information content (AvgIpc) is 2.42. The normalized spacial score (nSPS) is 10.9. The van der Waals surface area contributed by atoms with Gasteiger partial charge in [0.2, 0.25) is 10.0 Å². The average molecular weight is 323 g/mol. The molecule has 3 N–H and O–H groups in total. The Bertz CT molecular complexity index is 463. The van der Waals surface area contributed by atoms with Crippen LogP contribution in [-0.4, -0.2) is 28.1 Å². The van der Waals surface area contributed by atoms with Crippen molar-refractivity contribution in [1.29, 1.82) is 0 Å². The third kappa shape index (κ3) is 6.56. The van der Waals surface area contributed by atoms with E-state index in [1.165, 1.54) is 12.1 Å². The van der Waals surface area contributed by atoms with Crippen molar-refractivity contribution in [1.82, 2.24) is 4.72 Å². The highest BCUT2D eigenvalue weighted by molar-refractivity contribution is 7.89. The van der Waals surface area contributed by atoms with Gasteiger partial charge in [-0.2, -0.15) is 0 Å². The Hall–Kier alpha value is -0.820. The van der Waals surface area contributed by atoms with Crippen molar-refractivity contribution in [3.05, 3.63) is 24.3 Å². The number of ether oxygens (including phenoxy) is 1. The Balaban J connectivity index is 0.00000361. The van der Waals surface area contributed by atoms with Crippen LogP contribution in [-0.2, 0) is 10.0 Å². The van der Waals surface area contributed by atoms with Crippen LogP contribution in [0.1, 0.15) is 26.2 Å². The molecular formula is C13H23ClN2O3S. The summed E-state index contributed by atoms with van der Waals surface area (Å²) in [4.78, 5) is 0.224. The molecule has 0 amide bonds. The van der Waals surface area contributed by atoms with E-state index in [1.54, 1.807) is 12.1 Å². The summed E-state index contributed by atoms with van der Waals surface area (Å²) in [6.07, 6.45) is 3.29. The molecule has 1 aromatic carbocycles. The van der Waals surface area contributed by atoms with Crippen LogP contribution in [0.25, 0.3) is 0 Å². The Morgan fingerprint density at radius 1 is 1.20 bits per heavy atom. The van der Waals surface area contributed by atoms with Gasteiger partial charge in [0.1, 0.15) is 5.75 Å². The monoisotopic (exact) mass is 322 g/mol. The molecule has 0 saturated heterocycles. The minimum Gasteiger partial charge on any atom is -0.494 e. The van der Waals surface area contributed by atoms with Crippen LogP contribution in [0.3, 0.4) is 0 Å². The van der Waals surface area contributed by atoms with Gasteiger partial charge >= 0.3 is 0 Å². The summed E-state index contributed by atoms with van der Waals surface area (Å²) in [7, 11) is -3.45. The van der Waals surface area contributed by atoms with Crippen molar-refractivity contribution in [2.24, 2.45) is 5.73 Å². The van der Waals surface area contributed by atoms with E-state index in [9.17, 15) is 8.42 Å². The van der Waals surface area contributed by atoms with E-state index in [0.29, 0.717) is 12.4 Å². The molecule has 0 aliphatic heterocycles. The van der Waals surface area contributed by atoms with Gasteiger partial charge < -0.3 is 10.5 Å². The second-order valence-electron chi connectivity index (χ2n) is 4.21. The smallest absolute Gasteiger partial charge is 0.240 e. The molecule has 116 valence electrons. The van der Waals surface area contributed by atoms with Crippen molar-refractivity contribution >= 4 is 22.4 Å². The van der Waals surface area contributed by atoms with Crippen LogP contribution in [0, 0.1) is 0 Å². The van der Waals surface area contributed by atoms with Crippen molar-refractivity contribution < 1.29 is 13.2 Å². The van der Waals surface area contributed by atoms with Gasteiger partial charge in [0.05, 0.1) is 11.5 Å². The Kier molecular flexibility index (Phi) is 9.58. The lowest BCUT2D eigenvalue weighted by Gasteiger charge is -2.08. The summed E-state index contributed by atoms with van der Waals surface area (Å²) in [5.74, 6) is 0.689. The first-order valence-corrected chi connectivity index (χ1v) is 8.01. The molecule has 0 aromatic heterocycles. The minimum atomic E-state index is -3.45. The van der Waals surface area contributed by atoms with Crippen LogP contribution in [0.2, 0.25) is 0 Å². The molecular weight excluding hydrogens is 300 g/mol. The summed E-state index contributed by atoms with van der Waals surface area (Å²) in [6.45, 7) is 3.30. The van der Waals surface area contributed by atoms with E-state index in [1.807, 2.05) is 0 Å².